The van der Waals surface area contributed by atoms with Crippen molar-refractivity contribution in [1.29, 1.82) is 0 Å². The zero-order valence-corrected chi connectivity index (χ0v) is 12.0. The van der Waals surface area contributed by atoms with Crippen LogP contribution in [-0.4, -0.2) is 10.8 Å². The van der Waals surface area contributed by atoms with Gasteiger partial charge in [0.25, 0.3) is 11.6 Å². The van der Waals surface area contributed by atoms with Crippen LogP contribution in [0.2, 0.25) is 0 Å². The van der Waals surface area contributed by atoms with Crippen molar-refractivity contribution in [3.05, 3.63) is 82.4 Å². The molecule has 6 heteroatoms. The first-order valence-electron chi connectivity index (χ1n) is 6.90. The number of rotatable bonds is 3. The second-order valence-corrected chi connectivity index (χ2v) is 4.95. The van der Waals surface area contributed by atoms with Gasteiger partial charge in [-0.25, -0.2) is 10.9 Å². The summed E-state index contributed by atoms with van der Waals surface area (Å²) in [4.78, 5) is 23.3. The number of anilines is 1. The molecule has 6 nitrogen and oxygen atoms in total. The van der Waals surface area contributed by atoms with Crippen molar-refractivity contribution in [2.24, 2.45) is 5.84 Å². The largest absolute Gasteiger partial charge is 0.295 e. The van der Waals surface area contributed by atoms with Gasteiger partial charge in [0, 0.05) is 17.0 Å². The predicted octanol–water partition coefficient (Wildman–Crippen LogP) is 3.27. The van der Waals surface area contributed by atoms with E-state index in [9.17, 15) is 14.9 Å². The van der Waals surface area contributed by atoms with Crippen LogP contribution >= 0.6 is 0 Å². The molecule has 114 valence electrons. The van der Waals surface area contributed by atoms with Crippen molar-refractivity contribution < 1.29 is 9.72 Å². The summed E-state index contributed by atoms with van der Waals surface area (Å²) in [7, 11) is 0. The van der Waals surface area contributed by atoms with E-state index in [1.165, 1.54) is 6.07 Å². The van der Waals surface area contributed by atoms with Crippen LogP contribution in [0.4, 0.5) is 11.4 Å². The van der Waals surface area contributed by atoms with E-state index in [-0.39, 0.29) is 11.4 Å². The van der Waals surface area contributed by atoms with Crippen molar-refractivity contribution in [1.82, 2.24) is 0 Å². The van der Waals surface area contributed by atoms with Crippen LogP contribution < -0.4 is 10.9 Å². The van der Waals surface area contributed by atoms with E-state index in [0.29, 0.717) is 10.9 Å². The molecular weight excluding hydrogens is 294 g/mol. The van der Waals surface area contributed by atoms with Crippen LogP contribution in [0.15, 0.2) is 66.7 Å². The zero-order valence-electron chi connectivity index (χ0n) is 12.0. The number of benzene rings is 3. The standard InChI is InChI=1S/C17H13N3O3/c18-19(17(21)13-7-2-1-3-8-13)16-14-9-5-4-6-12(14)10-11-15(16)20(22)23/h1-11H,18H2. The number of carbonyl (C=O) groups is 1. The third kappa shape index (κ3) is 2.63. The number of hydrogen-bond donors (Lipinski definition) is 1. The molecule has 0 spiro atoms. The summed E-state index contributed by atoms with van der Waals surface area (Å²) in [6.07, 6.45) is 0. The fourth-order valence-electron chi connectivity index (χ4n) is 2.47. The summed E-state index contributed by atoms with van der Waals surface area (Å²) in [6.45, 7) is 0. The van der Waals surface area contributed by atoms with Gasteiger partial charge in [0.15, 0.2) is 0 Å². The molecule has 0 aliphatic heterocycles. The SMILES string of the molecule is NN(C(=O)c1ccccc1)c1c([N+](=O)[O-])ccc2ccccc12. The van der Waals surface area contributed by atoms with E-state index in [1.807, 2.05) is 12.1 Å². The monoisotopic (exact) mass is 307 g/mol. The molecule has 0 aromatic heterocycles. The Bertz CT molecular complexity index is 894. The van der Waals surface area contributed by atoms with Gasteiger partial charge < -0.3 is 0 Å². The minimum Gasteiger partial charge on any atom is -0.267 e. The number of nitro benzene ring substituents is 1. The maximum Gasteiger partial charge on any atom is 0.295 e. The Kier molecular flexibility index (Phi) is 3.74. The topological polar surface area (TPSA) is 89.5 Å². The maximum absolute atomic E-state index is 12.5. The molecule has 23 heavy (non-hydrogen) atoms. The average molecular weight is 307 g/mol. The number of amides is 1. The van der Waals surface area contributed by atoms with Gasteiger partial charge in [-0.2, -0.15) is 0 Å². The highest BCUT2D eigenvalue weighted by atomic mass is 16.6. The molecule has 0 atom stereocenters. The Hall–Kier alpha value is -3.25. The van der Waals surface area contributed by atoms with E-state index < -0.39 is 10.8 Å². The number of fused-ring (bicyclic) bond motifs is 1. The Morgan fingerprint density at radius 1 is 0.957 bits per heavy atom. The van der Waals surface area contributed by atoms with Crippen LogP contribution in [0, 0.1) is 10.1 Å². The predicted molar refractivity (Wildman–Crippen MR) is 88.0 cm³/mol. The molecule has 3 rings (SSSR count). The van der Waals surface area contributed by atoms with Gasteiger partial charge in [-0.05, 0) is 23.6 Å². The molecule has 0 saturated carbocycles. The fourth-order valence-corrected chi connectivity index (χ4v) is 2.47. The summed E-state index contributed by atoms with van der Waals surface area (Å²) in [5, 5.41) is 13.5. The summed E-state index contributed by atoms with van der Waals surface area (Å²) < 4.78 is 0. The molecule has 0 saturated heterocycles. The number of hydrazine groups is 1. The van der Waals surface area contributed by atoms with E-state index in [0.717, 1.165) is 10.4 Å². The smallest absolute Gasteiger partial charge is 0.267 e. The third-order valence-electron chi connectivity index (χ3n) is 3.56. The number of hydrogen-bond acceptors (Lipinski definition) is 4. The zero-order chi connectivity index (χ0) is 16.4. The maximum atomic E-state index is 12.5. The van der Waals surface area contributed by atoms with E-state index in [1.54, 1.807) is 48.5 Å². The van der Waals surface area contributed by atoms with E-state index in [4.69, 9.17) is 5.84 Å². The molecule has 0 fully saturated rings. The van der Waals surface area contributed by atoms with Gasteiger partial charge in [-0.15, -0.1) is 0 Å². The molecule has 0 aliphatic carbocycles. The highest BCUT2D eigenvalue weighted by molar-refractivity contribution is 6.12. The first-order chi connectivity index (χ1) is 11.1. The lowest BCUT2D eigenvalue weighted by Gasteiger charge is -2.18. The van der Waals surface area contributed by atoms with Crippen molar-refractivity contribution in [3.63, 3.8) is 0 Å². The first-order valence-corrected chi connectivity index (χ1v) is 6.90. The molecule has 3 aromatic rings. The van der Waals surface area contributed by atoms with Crippen LogP contribution in [0.3, 0.4) is 0 Å². The number of carbonyl (C=O) groups excluding carboxylic acids is 1. The molecule has 0 heterocycles. The van der Waals surface area contributed by atoms with Crippen LogP contribution in [0.1, 0.15) is 10.4 Å². The second-order valence-electron chi connectivity index (χ2n) is 4.95. The van der Waals surface area contributed by atoms with E-state index >= 15 is 0 Å². The minimum atomic E-state index is -0.542. The summed E-state index contributed by atoms with van der Waals surface area (Å²) >= 11 is 0. The van der Waals surface area contributed by atoms with Gasteiger partial charge in [0.2, 0.25) is 0 Å². The summed E-state index contributed by atoms with van der Waals surface area (Å²) in [6, 6.07) is 18.5. The van der Waals surface area contributed by atoms with Gasteiger partial charge in [0.05, 0.1) is 4.92 Å². The Morgan fingerprint density at radius 2 is 1.61 bits per heavy atom. The number of nitrogens with two attached hydrogens (primary N) is 1. The highest BCUT2D eigenvalue weighted by Crippen LogP contribution is 2.35. The average Bonchev–Trinajstić information content (AvgIpc) is 2.60. The van der Waals surface area contributed by atoms with Gasteiger partial charge in [0.1, 0.15) is 5.69 Å². The van der Waals surface area contributed by atoms with Crippen LogP contribution in [0.25, 0.3) is 10.8 Å². The van der Waals surface area contributed by atoms with E-state index in [2.05, 4.69) is 0 Å². The summed E-state index contributed by atoms with van der Waals surface area (Å²) in [5.74, 6) is 5.45. The number of nitro groups is 1. The van der Waals surface area contributed by atoms with Gasteiger partial charge >= 0.3 is 0 Å². The normalized spacial score (nSPS) is 10.5. The van der Waals surface area contributed by atoms with Crippen molar-refractivity contribution >= 4 is 28.1 Å². The lowest BCUT2D eigenvalue weighted by atomic mass is 10.1. The molecule has 2 N–H and O–H groups in total. The van der Waals surface area contributed by atoms with Gasteiger partial charge in [-0.3, -0.25) is 14.9 Å². The van der Waals surface area contributed by atoms with Crippen LogP contribution in [0.5, 0.6) is 0 Å². The number of nitrogens with zero attached hydrogens (tertiary/aromatic N) is 2. The molecular formula is C17H13N3O3. The molecule has 1 amide bonds. The van der Waals surface area contributed by atoms with Crippen molar-refractivity contribution in [3.8, 4) is 0 Å². The molecule has 0 aliphatic rings. The molecule has 0 radical (unpaired) electrons. The third-order valence-corrected chi connectivity index (χ3v) is 3.56. The minimum absolute atomic E-state index is 0.0851. The fraction of sp³-hybridized carbons (Fsp3) is 0. The van der Waals surface area contributed by atoms with Gasteiger partial charge in [-0.1, -0.05) is 42.5 Å². The van der Waals surface area contributed by atoms with Crippen molar-refractivity contribution in [2.45, 2.75) is 0 Å². The Labute approximate surface area is 131 Å². The van der Waals surface area contributed by atoms with Crippen LogP contribution in [-0.2, 0) is 0 Å². The Morgan fingerprint density at radius 3 is 2.30 bits per heavy atom. The molecule has 0 bridgehead atoms. The molecule has 0 unspecified atom stereocenters. The first kappa shape index (κ1) is 14.7. The molecule has 3 aromatic carbocycles. The Balaban J connectivity index is 2.19. The summed E-state index contributed by atoms with van der Waals surface area (Å²) in [5.41, 5.74) is 0.231. The second kappa shape index (κ2) is 5.86. The lowest BCUT2D eigenvalue weighted by molar-refractivity contribution is -0.384. The lowest BCUT2D eigenvalue weighted by Crippen LogP contribution is -2.38. The quantitative estimate of drug-likeness (QED) is 0.348. The highest BCUT2D eigenvalue weighted by Gasteiger charge is 2.25. The van der Waals surface area contributed by atoms with Crippen molar-refractivity contribution in [2.75, 3.05) is 5.01 Å².